The lowest BCUT2D eigenvalue weighted by Crippen LogP contribution is -2.26. The number of nitrogens with zero attached hydrogens (tertiary/aromatic N) is 1. The number of benzene rings is 2. The smallest absolute Gasteiger partial charge is 0.180 e. The van der Waals surface area contributed by atoms with E-state index in [0.29, 0.717) is 10.6 Å². The Bertz CT molecular complexity index is 760. The molecule has 5 heteroatoms. The van der Waals surface area contributed by atoms with Gasteiger partial charge in [0.15, 0.2) is 9.84 Å². The third-order valence-corrected chi connectivity index (χ3v) is 6.06. The molecule has 1 heterocycles. The van der Waals surface area contributed by atoms with Gasteiger partial charge in [0.25, 0.3) is 0 Å². The molecular formula is C18H22N2O2S. The van der Waals surface area contributed by atoms with Gasteiger partial charge in [0.2, 0.25) is 0 Å². The molecule has 0 unspecified atom stereocenters. The first-order valence-electron chi connectivity index (χ1n) is 7.98. The molecule has 122 valence electrons. The van der Waals surface area contributed by atoms with Crippen molar-refractivity contribution >= 4 is 21.2 Å². The summed E-state index contributed by atoms with van der Waals surface area (Å²) in [7, 11) is -3.21. The van der Waals surface area contributed by atoms with Gasteiger partial charge in [-0.2, -0.15) is 0 Å². The van der Waals surface area contributed by atoms with Crippen molar-refractivity contribution in [3.8, 4) is 0 Å². The third kappa shape index (κ3) is 3.50. The van der Waals surface area contributed by atoms with E-state index in [4.69, 9.17) is 0 Å². The Kier molecular flexibility index (Phi) is 4.57. The number of hydrogen-bond acceptors (Lipinski definition) is 4. The molecular weight excluding hydrogens is 308 g/mol. The zero-order valence-electron chi connectivity index (χ0n) is 13.3. The van der Waals surface area contributed by atoms with E-state index in [-0.39, 0.29) is 11.8 Å². The molecule has 0 spiro atoms. The van der Waals surface area contributed by atoms with Crippen molar-refractivity contribution in [3.05, 3.63) is 54.6 Å². The van der Waals surface area contributed by atoms with Crippen LogP contribution in [0.4, 0.5) is 11.4 Å². The van der Waals surface area contributed by atoms with Crippen LogP contribution in [0.2, 0.25) is 0 Å². The Morgan fingerprint density at radius 2 is 1.78 bits per heavy atom. The number of rotatable bonds is 5. The first-order chi connectivity index (χ1) is 11.1. The minimum absolute atomic E-state index is 0.118. The lowest BCUT2D eigenvalue weighted by Gasteiger charge is -2.20. The van der Waals surface area contributed by atoms with Gasteiger partial charge in [0.05, 0.1) is 16.3 Å². The van der Waals surface area contributed by atoms with Gasteiger partial charge >= 0.3 is 0 Å². The second-order valence-electron chi connectivity index (χ2n) is 5.81. The number of hydrogen-bond donors (Lipinski definition) is 1. The number of nitrogens with one attached hydrogen (secondary N) is 1. The van der Waals surface area contributed by atoms with Crippen LogP contribution in [-0.2, 0) is 9.84 Å². The largest absolute Gasteiger partial charge is 0.379 e. The maximum Gasteiger partial charge on any atom is 0.180 e. The topological polar surface area (TPSA) is 49.4 Å². The standard InChI is InChI=1S/C18H22N2O2S/c1-2-23(21,22)18-11-7-6-10-17(18)19-15-12-13-20(14-15)16-8-4-3-5-9-16/h3-11,15,19H,2,12-14H2,1H3/t15-/m0/s1. The molecule has 0 aromatic heterocycles. The number of anilines is 2. The zero-order chi connectivity index (χ0) is 16.3. The molecule has 23 heavy (non-hydrogen) atoms. The number of para-hydroxylation sites is 2. The minimum atomic E-state index is -3.21. The average Bonchev–Trinajstić information content (AvgIpc) is 3.04. The molecule has 4 nitrogen and oxygen atoms in total. The van der Waals surface area contributed by atoms with Crippen molar-refractivity contribution in [2.75, 3.05) is 29.1 Å². The molecule has 0 amide bonds. The van der Waals surface area contributed by atoms with Crippen LogP contribution in [0.1, 0.15) is 13.3 Å². The highest BCUT2D eigenvalue weighted by Crippen LogP contribution is 2.26. The van der Waals surface area contributed by atoms with Crippen LogP contribution in [0.3, 0.4) is 0 Å². The summed E-state index contributed by atoms with van der Waals surface area (Å²) in [4.78, 5) is 2.73. The summed E-state index contributed by atoms with van der Waals surface area (Å²) in [5, 5.41) is 3.43. The first kappa shape index (κ1) is 15.9. The highest BCUT2D eigenvalue weighted by molar-refractivity contribution is 7.91. The van der Waals surface area contributed by atoms with Crippen LogP contribution in [0, 0.1) is 0 Å². The summed E-state index contributed by atoms with van der Waals surface area (Å²) in [6.45, 7) is 3.54. The third-order valence-electron chi connectivity index (χ3n) is 4.27. The highest BCUT2D eigenvalue weighted by atomic mass is 32.2. The number of sulfone groups is 1. The Labute approximate surface area is 138 Å². The fourth-order valence-corrected chi connectivity index (χ4v) is 4.04. The average molecular weight is 330 g/mol. The van der Waals surface area contributed by atoms with Crippen molar-refractivity contribution in [1.82, 2.24) is 0 Å². The van der Waals surface area contributed by atoms with Crippen molar-refractivity contribution in [2.45, 2.75) is 24.3 Å². The quantitative estimate of drug-likeness (QED) is 0.915. The van der Waals surface area contributed by atoms with Crippen molar-refractivity contribution in [1.29, 1.82) is 0 Å². The lowest BCUT2D eigenvalue weighted by molar-refractivity contribution is 0.597. The highest BCUT2D eigenvalue weighted by Gasteiger charge is 2.24. The summed E-state index contributed by atoms with van der Waals surface area (Å²) in [6.07, 6.45) is 0.995. The molecule has 0 bridgehead atoms. The van der Waals surface area contributed by atoms with Gasteiger partial charge in [-0.05, 0) is 30.7 Å². The van der Waals surface area contributed by atoms with E-state index in [9.17, 15) is 8.42 Å². The molecule has 2 aromatic rings. The molecule has 3 rings (SSSR count). The molecule has 1 saturated heterocycles. The van der Waals surface area contributed by atoms with E-state index in [1.54, 1.807) is 19.1 Å². The van der Waals surface area contributed by atoms with Gasteiger partial charge in [-0.15, -0.1) is 0 Å². The van der Waals surface area contributed by atoms with Gasteiger partial charge < -0.3 is 10.2 Å². The van der Waals surface area contributed by atoms with Crippen molar-refractivity contribution < 1.29 is 8.42 Å². The molecule has 1 N–H and O–H groups in total. The Balaban J connectivity index is 1.75. The molecule has 1 aliphatic rings. The van der Waals surface area contributed by atoms with Gasteiger partial charge in [0.1, 0.15) is 0 Å². The van der Waals surface area contributed by atoms with Crippen molar-refractivity contribution in [2.24, 2.45) is 0 Å². The van der Waals surface area contributed by atoms with Gasteiger partial charge in [-0.1, -0.05) is 37.3 Å². The van der Waals surface area contributed by atoms with Crippen LogP contribution in [0.25, 0.3) is 0 Å². The van der Waals surface area contributed by atoms with Crippen LogP contribution in [0.15, 0.2) is 59.5 Å². The second kappa shape index (κ2) is 6.62. The molecule has 0 saturated carbocycles. The summed E-state index contributed by atoms with van der Waals surface area (Å²) in [5.74, 6) is 0.118. The summed E-state index contributed by atoms with van der Waals surface area (Å²) < 4.78 is 24.5. The SMILES string of the molecule is CCS(=O)(=O)c1ccccc1N[C@H]1CCN(c2ccccc2)C1. The molecule has 1 aliphatic heterocycles. The molecule has 0 aliphatic carbocycles. The minimum Gasteiger partial charge on any atom is -0.379 e. The summed E-state index contributed by atoms with van der Waals surface area (Å²) in [5.41, 5.74) is 1.93. The van der Waals surface area contributed by atoms with E-state index in [1.165, 1.54) is 5.69 Å². The van der Waals surface area contributed by atoms with E-state index >= 15 is 0 Å². The van der Waals surface area contributed by atoms with Crippen molar-refractivity contribution in [3.63, 3.8) is 0 Å². The zero-order valence-corrected chi connectivity index (χ0v) is 14.1. The summed E-state index contributed by atoms with van der Waals surface area (Å²) >= 11 is 0. The van der Waals surface area contributed by atoms with Gasteiger partial charge in [-0.25, -0.2) is 8.42 Å². The predicted octanol–water partition coefficient (Wildman–Crippen LogP) is 3.17. The van der Waals surface area contributed by atoms with Crippen LogP contribution < -0.4 is 10.2 Å². The van der Waals surface area contributed by atoms with Crippen LogP contribution in [-0.4, -0.2) is 33.3 Å². The first-order valence-corrected chi connectivity index (χ1v) is 9.63. The summed E-state index contributed by atoms with van der Waals surface area (Å²) in [6, 6.07) is 17.8. The van der Waals surface area contributed by atoms with Crippen LogP contribution >= 0.6 is 0 Å². The predicted molar refractivity (Wildman–Crippen MR) is 94.9 cm³/mol. The normalized spacial score (nSPS) is 18.1. The Hall–Kier alpha value is -2.01. The fraction of sp³-hybridized carbons (Fsp3) is 0.333. The van der Waals surface area contributed by atoms with Crippen LogP contribution in [0.5, 0.6) is 0 Å². The Morgan fingerprint density at radius 3 is 2.52 bits per heavy atom. The maximum absolute atomic E-state index is 12.2. The van der Waals surface area contributed by atoms with Gasteiger partial charge in [0, 0.05) is 24.8 Å². The van der Waals surface area contributed by atoms with E-state index < -0.39 is 9.84 Å². The second-order valence-corrected chi connectivity index (χ2v) is 8.06. The monoisotopic (exact) mass is 330 g/mol. The van der Waals surface area contributed by atoms with Gasteiger partial charge in [-0.3, -0.25) is 0 Å². The maximum atomic E-state index is 12.2. The molecule has 0 radical (unpaired) electrons. The lowest BCUT2D eigenvalue weighted by atomic mass is 10.2. The van der Waals surface area contributed by atoms with E-state index in [2.05, 4.69) is 22.3 Å². The molecule has 1 atom stereocenters. The van der Waals surface area contributed by atoms with E-state index in [1.807, 2.05) is 30.3 Å². The molecule has 2 aromatic carbocycles. The van der Waals surface area contributed by atoms with E-state index in [0.717, 1.165) is 19.5 Å². The fourth-order valence-electron chi connectivity index (χ4n) is 2.98. The Morgan fingerprint density at radius 1 is 1.09 bits per heavy atom. The molecule has 1 fully saturated rings.